The highest BCUT2D eigenvalue weighted by Crippen LogP contribution is 2.55. The van der Waals surface area contributed by atoms with Crippen LogP contribution < -0.4 is 20.7 Å². The Labute approximate surface area is 145 Å². The van der Waals surface area contributed by atoms with Crippen molar-refractivity contribution in [2.45, 2.75) is 45.0 Å². The van der Waals surface area contributed by atoms with Gasteiger partial charge in [-0.3, -0.25) is 0 Å². The molecule has 0 saturated carbocycles. The van der Waals surface area contributed by atoms with Crippen LogP contribution in [0.1, 0.15) is 33.3 Å². The predicted molar refractivity (Wildman–Crippen MR) is 105 cm³/mol. The van der Waals surface area contributed by atoms with E-state index in [0.29, 0.717) is 6.71 Å². The van der Waals surface area contributed by atoms with E-state index >= 15 is 0 Å². The maximum absolute atomic E-state index is 2.64. The third kappa shape index (κ3) is 1.41. The fourth-order valence-electron chi connectivity index (χ4n) is 5.23. The van der Waals surface area contributed by atoms with Gasteiger partial charge in [0.1, 0.15) is 0 Å². The molecule has 0 fully saturated rings. The third-order valence-corrected chi connectivity index (χ3v) is 7.24. The summed E-state index contributed by atoms with van der Waals surface area (Å²) in [5.41, 5.74) is 9.12. The second-order valence-corrected chi connectivity index (χ2v) is 8.74. The van der Waals surface area contributed by atoms with E-state index in [1.807, 2.05) is 0 Å². The molecule has 3 heteroatoms. The Morgan fingerprint density at radius 3 is 2.46 bits per heavy atom. The van der Waals surface area contributed by atoms with Crippen LogP contribution in [0.2, 0.25) is 6.32 Å². The van der Waals surface area contributed by atoms with Crippen LogP contribution in [0, 0.1) is 0 Å². The molecule has 0 unspecified atom stereocenters. The van der Waals surface area contributed by atoms with E-state index in [0.717, 1.165) is 6.54 Å². The molecule has 24 heavy (non-hydrogen) atoms. The molecule has 2 nitrogen and oxygen atoms in total. The first kappa shape index (κ1) is 14.4. The van der Waals surface area contributed by atoms with Crippen LogP contribution >= 0.6 is 0 Å². The third-order valence-electron chi connectivity index (χ3n) is 7.24. The van der Waals surface area contributed by atoms with Crippen LogP contribution in [0.5, 0.6) is 0 Å². The predicted octanol–water partition coefficient (Wildman–Crippen LogP) is 3.27. The van der Waals surface area contributed by atoms with Gasteiger partial charge < -0.3 is 9.80 Å². The highest BCUT2D eigenvalue weighted by molar-refractivity contribution is 6.89. The summed E-state index contributed by atoms with van der Waals surface area (Å²) in [6.45, 7) is 11.3. The molecule has 0 bridgehead atoms. The zero-order valence-electron chi connectivity index (χ0n) is 15.4. The van der Waals surface area contributed by atoms with Gasteiger partial charge in [-0.15, -0.1) is 0 Å². The first-order chi connectivity index (χ1) is 11.4. The lowest BCUT2D eigenvalue weighted by Gasteiger charge is -2.47. The molecule has 0 saturated heterocycles. The first-order valence-electron chi connectivity index (χ1n) is 9.13. The molecule has 0 amide bonds. The zero-order valence-corrected chi connectivity index (χ0v) is 15.4. The fourth-order valence-corrected chi connectivity index (χ4v) is 5.23. The second-order valence-electron chi connectivity index (χ2n) is 8.74. The summed E-state index contributed by atoms with van der Waals surface area (Å²) in [4.78, 5) is 5.07. The zero-order chi connectivity index (χ0) is 16.9. The Morgan fingerprint density at radius 2 is 1.67 bits per heavy atom. The molecule has 0 N–H and O–H groups in total. The average Bonchev–Trinajstić information content (AvgIpc) is 2.71. The standard InChI is InChI=1S/C21H25BN2/c1-20(2)14-8-6-9-15-19(14)24(21(20,3)4)17-11-7-10-16-18(17)22(15)12-13-23(16)5/h6-11H,12-13H2,1-5H3. The smallest absolute Gasteiger partial charge is 0.219 e. The van der Waals surface area contributed by atoms with E-state index in [1.165, 1.54) is 28.9 Å². The quantitative estimate of drug-likeness (QED) is 0.688. The molecule has 0 atom stereocenters. The second kappa shape index (κ2) is 4.19. The summed E-state index contributed by atoms with van der Waals surface area (Å²) in [7, 11) is 2.23. The number of rotatable bonds is 0. The van der Waals surface area contributed by atoms with Gasteiger partial charge in [0, 0.05) is 41.6 Å². The molecule has 0 aromatic heterocycles. The van der Waals surface area contributed by atoms with Crippen LogP contribution in [-0.2, 0) is 5.41 Å². The number of fused-ring (bicyclic) bond motifs is 2. The van der Waals surface area contributed by atoms with Crippen molar-refractivity contribution in [2.75, 3.05) is 23.4 Å². The highest BCUT2D eigenvalue weighted by Gasteiger charge is 2.55. The molecule has 5 rings (SSSR count). The Bertz CT molecular complexity index is 868. The number of para-hydroxylation sites is 1. The molecule has 2 aromatic carbocycles. The maximum atomic E-state index is 2.64. The van der Waals surface area contributed by atoms with Crippen molar-refractivity contribution >= 4 is 34.7 Å². The number of hydrogen-bond donors (Lipinski definition) is 0. The van der Waals surface area contributed by atoms with Gasteiger partial charge in [0.15, 0.2) is 0 Å². The van der Waals surface area contributed by atoms with E-state index in [2.05, 4.69) is 80.9 Å². The van der Waals surface area contributed by atoms with Gasteiger partial charge in [-0.05, 0) is 43.3 Å². The number of nitrogens with zero attached hydrogens (tertiary/aromatic N) is 2. The van der Waals surface area contributed by atoms with E-state index in [1.54, 1.807) is 10.9 Å². The van der Waals surface area contributed by atoms with E-state index in [-0.39, 0.29) is 11.0 Å². The van der Waals surface area contributed by atoms with Crippen molar-refractivity contribution in [3.63, 3.8) is 0 Å². The number of hydrogen-bond acceptors (Lipinski definition) is 2. The molecule has 2 aromatic rings. The summed E-state index contributed by atoms with van der Waals surface area (Å²) in [6, 6.07) is 13.9. The van der Waals surface area contributed by atoms with Crippen LogP contribution in [0.4, 0.5) is 17.1 Å². The summed E-state index contributed by atoms with van der Waals surface area (Å²) in [5.74, 6) is 0. The van der Waals surface area contributed by atoms with Crippen molar-refractivity contribution in [1.82, 2.24) is 0 Å². The average molecular weight is 316 g/mol. The minimum Gasteiger partial charge on any atom is -0.376 e. The summed E-state index contributed by atoms with van der Waals surface area (Å²) < 4.78 is 0. The van der Waals surface area contributed by atoms with Crippen molar-refractivity contribution < 1.29 is 0 Å². The Morgan fingerprint density at radius 1 is 0.958 bits per heavy atom. The first-order valence-corrected chi connectivity index (χ1v) is 9.13. The van der Waals surface area contributed by atoms with Gasteiger partial charge in [0.05, 0.1) is 0 Å². The van der Waals surface area contributed by atoms with Gasteiger partial charge in [-0.1, -0.05) is 43.6 Å². The molecule has 0 spiro atoms. The van der Waals surface area contributed by atoms with Gasteiger partial charge in [0.2, 0.25) is 6.71 Å². The van der Waals surface area contributed by atoms with Crippen molar-refractivity contribution in [3.05, 3.63) is 42.0 Å². The Hall–Kier alpha value is -1.90. The number of anilines is 3. The lowest BCUT2D eigenvalue weighted by atomic mass is 9.35. The Balaban J connectivity index is 1.91. The van der Waals surface area contributed by atoms with Gasteiger partial charge in [0.25, 0.3) is 0 Å². The molecule has 0 radical (unpaired) electrons. The van der Waals surface area contributed by atoms with Gasteiger partial charge in [-0.2, -0.15) is 0 Å². The summed E-state index contributed by atoms with van der Waals surface area (Å²) in [6.07, 6.45) is 1.21. The molecule has 3 aliphatic heterocycles. The number of benzene rings is 2. The summed E-state index contributed by atoms with van der Waals surface area (Å²) in [5, 5.41) is 0. The lowest BCUT2D eigenvalue weighted by molar-refractivity contribution is 0.330. The maximum Gasteiger partial charge on any atom is 0.219 e. The van der Waals surface area contributed by atoms with Crippen LogP contribution in [0.3, 0.4) is 0 Å². The van der Waals surface area contributed by atoms with Crippen molar-refractivity contribution in [3.8, 4) is 0 Å². The highest BCUT2D eigenvalue weighted by atomic mass is 15.3. The minimum atomic E-state index is 0.0571. The molecule has 122 valence electrons. The van der Waals surface area contributed by atoms with Crippen LogP contribution in [0.15, 0.2) is 36.4 Å². The topological polar surface area (TPSA) is 6.48 Å². The lowest BCUT2D eigenvalue weighted by Crippen LogP contribution is -2.59. The molecule has 3 heterocycles. The van der Waals surface area contributed by atoms with E-state index < -0.39 is 0 Å². The molecule has 3 aliphatic rings. The normalized spacial score (nSPS) is 21.6. The van der Waals surface area contributed by atoms with Gasteiger partial charge in [-0.25, -0.2) is 0 Å². The molecular formula is C21H25BN2. The molecule has 0 aliphatic carbocycles. The fraction of sp³-hybridized carbons (Fsp3) is 0.429. The molecular weight excluding hydrogens is 291 g/mol. The van der Waals surface area contributed by atoms with Crippen molar-refractivity contribution in [1.29, 1.82) is 0 Å². The monoisotopic (exact) mass is 316 g/mol. The minimum absolute atomic E-state index is 0.0571. The summed E-state index contributed by atoms with van der Waals surface area (Å²) >= 11 is 0. The van der Waals surface area contributed by atoms with Crippen LogP contribution in [-0.4, -0.2) is 25.8 Å². The SMILES string of the molecule is CN1CCB2c3cccc4c3N(c3cccc1c32)C(C)(C)C4(C)C. The van der Waals surface area contributed by atoms with E-state index in [9.17, 15) is 0 Å². The van der Waals surface area contributed by atoms with Gasteiger partial charge >= 0.3 is 0 Å². The van der Waals surface area contributed by atoms with E-state index in [4.69, 9.17) is 0 Å². The van der Waals surface area contributed by atoms with Crippen LogP contribution in [0.25, 0.3) is 0 Å². The largest absolute Gasteiger partial charge is 0.376 e. The van der Waals surface area contributed by atoms with Crippen molar-refractivity contribution in [2.24, 2.45) is 0 Å². The Kier molecular flexibility index (Phi) is 2.52.